The van der Waals surface area contributed by atoms with E-state index < -0.39 is 11.7 Å². The predicted octanol–water partition coefficient (Wildman–Crippen LogP) is 1.91. The van der Waals surface area contributed by atoms with Crippen molar-refractivity contribution in [3.8, 4) is 17.1 Å². The highest BCUT2D eigenvalue weighted by Gasteiger charge is 2.27. The number of nitrogens with one attached hydrogen (secondary N) is 1. The van der Waals surface area contributed by atoms with Gasteiger partial charge in [-0.15, -0.1) is 0 Å². The minimum Gasteiger partial charge on any atom is -0.494 e. The summed E-state index contributed by atoms with van der Waals surface area (Å²) >= 11 is 0. The molecule has 1 N–H and O–H groups in total. The zero-order valence-corrected chi connectivity index (χ0v) is 16.1. The molecule has 0 radical (unpaired) electrons. The summed E-state index contributed by atoms with van der Waals surface area (Å²) < 4.78 is 24.1. The van der Waals surface area contributed by atoms with Gasteiger partial charge in [0.1, 0.15) is 5.56 Å². The van der Waals surface area contributed by atoms with Crippen molar-refractivity contribution in [1.29, 1.82) is 0 Å². The molecule has 1 saturated heterocycles. The normalized spacial score (nSPS) is 13.5. The molecule has 0 spiro atoms. The van der Waals surface area contributed by atoms with Gasteiger partial charge in [0.2, 0.25) is 5.91 Å². The van der Waals surface area contributed by atoms with Gasteiger partial charge in [-0.2, -0.15) is 0 Å². The number of nitrogens with zero attached hydrogens (tertiary/aromatic N) is 3. The second kappa shape index (κ2) is 8.28. The molecule has 0 atom stereocenters. The van der Waals surface area contributed by atoms with Crippen LogP contribution >= 0.6 is 0 Å². The molecule has 0 aliphatic carbocycles. The van der Waals surface area contributed by atoms with E-state index in [4.69, 9.17) is 9.26 Å². The molecule has 0 bridgehead atoms. The minimum atomic E-state index is -0.527. The number of methoxy groups -OCH3 is 1. The van der Waals surface area contributed by atoms with E-state index in [0.717, 1.165) is 12.8 Å². The van der Waals surface area contributed by atoms with E-state index in [2.05, 4.69) is 10.5 Å². The molecule has 8 nitrogen and oxygen atoms in total. The summed E-state index contributed by atoms with van der Waals surface area (Å²) in [4.78, 5) is 28.4. The highest BCUT2D eigenvalue weighted by atomic mass is 19.1. The van der Waals surface area contributed by atoms with Gasteiger partial charge < -0.3 is 24.4 Å². The van der Waals surface area contributed by atoms with Crippen molar-refractivity contribution in [2.75, 3.05) is 45.7 Å². The highest BCUT2D eigenvalue weighted by molar-refractivity contribution is 6.05. The first-order valence-corrected chi connectivity index (χ1v) is 8.99. The molecule has 1 aliphatic heterocycles. The van der Waals surface area contributed by atoms with E-state index in [0.29, 0.717) is 24.5 Å². The number of benzene rings is 1. The molecule has 2 aromatic rings. The Kier molecular flexibility index (Phi) is 5.81. The van der Waals surface area contributed by atoms with Crippen LogP contribution in [0.1, 0.15) is 23.2 Å². The topological polar surface area (TPSA) is 87.9 Å². The van der Waals surface area contributed by atoms with Gasteiger partial charge in [0.15, 0.2) is 23.1 Å². The molecule has 3 rings (SSSR count). The molecular weight excluding hydrogens is 367 g/mol. The van der Waals surface area contributed by atoms with E-state index in [9.17, 15) is 14.0 Å². The predicted molar refractivity (Wildman–Crippen MR) is 101 cm³/mol. The second-order valence-corrected chi connectivity index (χ2v) is 6.72. The lowest BCUT2D eigenvalue weighted by Gasteiger charge is -2.16. The summed E-state index contributed by atoms with van der Waals surface area (Å²) in [5, 5.41) is 6.60. The maximum atomic E-state index is 13.7. The van der Waals surface area contributed by atoms with Crippen LogP contribution in [0.3, 0.4) is 0 Å². The average molecular weight is 390 g/mol. The quantitative estimate of drug-likeness (QED) is 0.811. The minimum absolute atomic E-state index is 0.0240. The monoisotopic (exact) mass is 390 g/mol. The summed E-state index contributed by atoms with van der Waals surface area (Å²) in [5.41, 5.74) is 0.614. The van der Waals surface area contributed by atoms with Crippen LogP contribution in [-0.4, -0.2) is 62.7 Å². The van der Waals surface area contributed by atoms with Crippen molar-refractivity contribution in [2.24, 2.45) is 0 Å². The Bertz CT molecular complexity index is 875. The molecule has 2 amide bonds. The number of carbonyl (C=O) groups excluding carboxylic acids is 2. The molecule has 0 saturated carbocycles. The smallest absolute Gasteiger partial charge is 0.259 e. The van der Waals surface area contributed by atoms with Crippen LogP contribution in [0.4, 0.5) is 10.2 Å². The van der Waals surface area contributed by atoms with Crippen LogP contribution in [0.2, 0.25) is 0 Å². The fourth-order valence-electron chi connectivity index (χ4n) is 3.11. The summed E-state index contributed by atoms with van der Waals surface area (Å²) in [5.74, 6) is -0.635. The van der Waals surface area contributed by atoms with Crippen molar-refractivity contribution in [2.45, 2.75) is 12.8 Å². The molecule has 28 heavy (non-hydrogen) atoms. The summed E-state index contributed by atoms with van der Waals surface area (Å²) in [6, 6.07) is 4.13. The van der Waals surface area contributed by atoms with Crippen molar-refractivity contribution in [1.82, 2.24) is 15.4 Å². The van der Waals surface area contributed by atoms with E-state index in [1.54, 1.807) is 23.9 Å². The fourth-order valence-corrected chi connectivity index (χ4v) is 3.11. The van der Waals surface area contributed by atoms with Gasteiger partial charge in [0.05, 0.1) is 13.7 Å². The van der Waals surface area contributed by atoms with Gasteiger partial charge in [-0.3, -0.25) is 9.59 Å². The molecule has 1 aliphatic rings. The Labute approximate surface area is 162 Å². The Morgan fingerprint density at radius 3 is 2.68 bits per heavy atom. The van der Waals surface area contributed by atoms with Gasteiger partial charge in [-0.1, -0.05) is 5.16 Å². The molecule has 1 aromatic carbocycles. The summed E-state index contributed by atoms with van der Waals surface area (Å²) in [6.45, 7) is 1.32. The molecule has 2 heterocycles. The number of ether oxygens (including phenoxy) is 1. The first-order valence-electron chi connectivity index (χ1n) is 8.99. The first-order chi connectivity index (χ1) is 13.4. The van der Waals surface area contributed by atoms with Crippen LogP contribution in [-0.2, 0) is 4.79 Å². The molecule has 1 fully saturated rings. The Morgan fingerprint density at radius 2 is 2.04 bits per heavy atom. The van der Waals surface area contributed by atoms with Gasteiger partial charge in [0.25, 0.3) is 5.91 Å². The van der Waals surface area contributed by atoms with Gasteiger partial charge in [-0.05, 0) is 31.0 Å². The molecular formula is C19H23FN4O4. The number of halogens is 1. The van der Waals surface area contributed by atoms with Crippen molar-refractivity contribution in [3.63, 3.8) is 0 Å². The molecule has 0 unspecified atom stereocenters. The zero-order chi connectivity index (χ0) is 20.3. The number of aromatic nitrogens is 1. The van der Waals surface area contributed by atoms with Gasteiger partial charge >= 0.3 is 0 Å². The number of carbonyl (C=O) groups is 2. The second-order valence-electron chi connectivity index (χ2n) is 6.72. The molecule has 1 aromatic heterocycles. The van der Waals surface area contributed by atoms with E-state index >= 15 is 0 Å². The SMILES string of the molecule is COc1cc(-c2onc(N(C)C)c2C(=O)NCC(=O)N2CCCC2)ccc1F. The number of amides is 2. The standard InChI is InChI=1S/C19H23FN4O4/c1-23(2)18-16(19(26)21-11-15(25)24-8-4-5-9-24)17(28-22-18)12-6-7-13(20)14(10-12)27-3/h6-7,10H,4-5,8-9,11H2,1-3H3,(H,21,26). The Morgan fingerprint density at radius 1 is 1.32 bits per heavy atom. The van der Waals surface area contributed by atoms with Crippen LogP contribution in [0, 0.1) is 5.82 Å². The maximum Gasteiger partial charge on any atom is 0.259 e. The lowest BCUT2D eigenvalue weighted by atomic mass is 10.1. The van der Waals surface area contributed by atoms with Gasteiger partial charge in [-0.25, -0.2) is 4.39 Å². The largest absolute Gasteiger partial charge is 0.494 e. The Hall–Kier alpha value is -3.10. The fraction of sp³-hybridized carbons (Fsp3) is 0.421. The van der Waals surface area contributed by atoms with Crippen molar-refractivity contribution in [3.05, 3.63) is 29.6 Å². The zero-order valence-electron chi connectivity index (χ0n) is 16.1. The van der Waals surface area contributed by atoms with E-state index in [1.165, 1.54) is 25.3 Å². The lowest BCUT2D eigenvalue weighted by Crippen LogP contribution is -2.39. The van der Waals surface area contributed by atoms with Crippen molar-refractivity contribution >= 4 is 17.6 Å². The number of hydrogen-bond acceptors (Lipinski definition) is 6. The molecule has 9 heteroatoms. The van der Waals surface area contributed by atoms with Crippen LogP contribution in [0.15, 0.2) is 22.7 Å². The maximum absolute atomic E-state index is 13.7. The summed E-state index contributed by atoms with van der Waals surface area (Å²) in [7, 11) is 4.80. The molecule has 150 valence electrons. The van der Waals surface area contributed by atoms with Crippen LogP contribution in [0.25, 0.3) is 11.3 Å². The van der Waals surface area contributed by atoms with Crippen LogP contribution < -0.4 is 15.0 Å². The Balaban J connectivity index is 1.87. The number of hydrogen-bond donors (Lipinski definition) is 1. The van der Waals surface area contributed by atoms with E-state index in [1.807, 2.05) is 0 Å². The van der Waals surface area contributed by atoms with Crippen molar-refractivity contribution < 1.29 is 23.2 Å². The first kappa shape index (κ1) is 19.7. The third-order valence-electron chi connectivity index (χ3n) is 4.60. The third kappa shape index (κ3) is 3.92. The lowest BCUT2D eigenvalue weighted by molar-refractivity contribution is -0.129. The highest BCUT2D eigenvalue weighted by Crippen LogP contribution is 2.33. The van der Waals surface area contributed by atoms with E-state index in [-0.39, 0.29) is 29.5 Å². The van der Waals surface area contributed by atoms with Gasteiger partial charge in [0, 0.05) is 32.7 Å². The summed E-state index contributed by atoms with van der Waals surface area (Å²) in [6.07, 6.45) is 1.96. The number of likely N-dealkylation sites (tertiary alicyclic amines) is 1. The third-order valence-corrected chi connectivity index (χ3v) is 4.60. The van der Waals surface area contributed by atoms with Crippen LogP contribution in [0.5, 0.6) is 5.75 Å². The average Bonchev–Trinajstić information content (AvgIpc) is 3.36. The number of anilines is 1. The number of rotatable bonds is 6.